The zero-order valence-corrected chi connectivity index (χ0v) is 13.5. The number of halogens is 1. The predicted octanol–water partition coefficient (Wildman–Crippen LogP) is 2.14. The molecule has 0 amide bonds. The number of rotatable bonds is 3. The van der Waals surface area contributed by atoms with Gasteiger partial charge in [-0.2, -0.15) is 5.10 Å². The van der Waals surface area contributed by atoms with Crippen LogP contribution < -0.4 is 4.72 Å². The summed E-state index contributed by atoms with van der Waals surface area (Å²) in [7, 11) is -1.99. The van der Waals surface area contributed by atoms with Crippen molar-refractivity contribution in [1.82, 2.24) is 14.5 Å². The van der Waals surface area contributed by atoms with Gasteiger partial charge in [0.05, 0.1) is 11.4 Å². The van der Waals surface area contributed by atoms with Crippen molar-refractivity contribution in [3.05, 3.63) is 46.5 Å². The van der Waals surface area contributed by atoms with Crippen LogP contribution in [0.1, 0.15) is 35.0 Å². The van der Waals surface area contributed by atoms with E-state index in [1.54, 1.807) is 31.6 Å². The highest BCUT2D eigenvalue weighted by molar-refractivity contribution is 7.89. The SMILES string of the molecule is Cc1nn(C)c(C)c1S(=O)(=O)N[C@H]1CCc2ccc(F)cc21. The molecule has 3 rings (SSSR count). The first-order valence-corrected chi connectivity index (χ1v) is 8.59. The highest BCUT2D eigenvalue weighted by Gasteiger charge is 2.31. The quantitative estimate of drug-likeness (QED) is 0.941. The molecule has 1 aromatic carbocycles. The van der Waals surface area contributed by atoms with E-state index in [9.17, 15) is 12.8 Å². The number of hydrogen-bond acceptors (Lipinski definition) is 3. The molecule has 0 radical (unpaired) electrons. The summed E-state index contributed by atoms with van der Waals surface area (Å²) in [6.45, 7) is 3.39. The highest BCUT2D eigenvalue weighted by atomic mass is 32.2. The molecule has 1 aliphatic carbocycles. The molecule has 1 atom stereocenters. The molecule has 22 heavy (non-hydrogen) atoms. The third-order valence-electron chi connectivity index (χ3n) is 4.19. The van der Waals surface area contributed by atoms with Crippen LogP contribution in [0.3, 0.4) is 0 Å². The van der Waals surface area contributed by atoms with Gasteiger partial charge in [-0.3, -0.25) is 4.68 Å². The number of hydrogen-bond donors (Lipinski definition) is 1. The Bertz CT molecular complexity index is 843. The molecule has 0 aliphatic heterocycles. The normalized spacial score (nSPS) is 17.7. The minimum Gasteiger partial charge on any atom is -0.271 e. The number of nitrogens with one attached hydrogen (secondary N) is 1. The topological polar surface area (TPSA) is 64.0 Å². The minimum absolute atomic E-state index is 0.208. The molecular weight excluding hydrogens is 305 g/mol. The summed E-state index contributed by atoms with van der Waals surface area (Å²) in [6, 6.07) is 4.15. The lowest BCUT2D eigenvalue weighted by Crippen LogP contribution is -2.28. The fourth-order valence-electron chi connectivity index (χ4n) is 3.08. The Morgan fingerprint density at radius 2 is 2.09 bits per heavy atom. The monoisotopic (exact) mass is 323 g/mol. The summed E-state index contributed by atoms with van der Waals surface area (Å²) >= 11 is 0. The van der Waals surface area contributed by atoms with E-state index in [-0.39, 0.29) is 10.7 Å². The van der Waals surface area contributed by atoms with Crippen molar-refractivity contribution >= 4 is 10.0 Å². The van der Waals surface area contributed by atoms with Crippen LogP contribution in [-0.4, -0.2) is 18.2 Å². The Morgan fingerprint density at radius 1 is 1.36 bits per heavy atom. The number of sulfonamides is 1. The Balaban J connectivity index is 1.96. The number of fused-ring (bicyclic) bond motifs is 1. The molecule has 0 fully saturated rings. The van der Waals surface area contributed by atoms with E-state index in [0.717, 1.165) is 17.5 Å². The zero-order valence-electron chi connectivity index (χ0n) is 12.7. The first-order valence-electron chi connectivity index (χ1n) is 7.10. The number of aryl methyl sites for hydroxylation is 3. The van der Waals surface area contributed by atoms with Crippen molar-refractivity contribution in [2.75, 3.05) is 0 Å². The van der Waals surface area contributed by atoms with E-state index in [2.05, 4.69) is 9.82 Å². The summed E-state index contributed by atoms with van der Waals surface area (Å²) in [5, 5.41) is 4.15. The minimum atomic E-state index is -3.70. The molecule has 1 aliphatic rings. The van der Waals surface area contributed by atoms with Crippen LogP contribution in [0.25, 0.3) is 0 Å². The van der Waals surface area contributed by atoms with Gasteiger partial charge < -0.3 is 0 Å². The molecule has 7 heteroatoms. The maximum absolute atomic E-state index is 13.4. The van der Waals surface area contributed by atoms with Gasteiger partial charge in [-0.25, -0.2) is 17.5 Å². The van der Waals surface area contributed by atoms with Crippen LogP contribution >= 0.6 is 0 Å². The van der Waals surface area contributed by atoms with Gasteiger partial charge in [0.15, 0.2) is 0 Å². The third kappa shape index (κ3) is 2.44. The molecule has 0 unspecified atom stereocenters. The van der Waals surface area contributed by atoms with E-state index < -0.39 is 16.1 Å². The first kappa shape index (κ1) is 15.2. The first-order chi connectivity index (χ1) is 10.3. The van der Waals surface area contributed by atoms with Crippen LogP contribution in [0, 0.1) is 19.7 Å². The Labute approximate surface area is 129 Å². The Hall–Kier alpha value is -1.73. The van der Waals surface area contributed by atoms with Crippen molar-refractivity contribution in [2.24, 2.45) is 7.05 Å². The lowest BCUT2D eigenvalue weighted by Gasteiger charge is -2.15. The zero-order chi connectivity index (χ0) is 16.1. The molecular formula is C15H18FN3O2S. The molecule has 1 N–H and O–H groups in total. The molecule has 1 heterocycles. The van der Waals surface area contributed by atoms with Crippen molar-refractivity contribution in [3.8, 4) is 0 Å². The van der Waals surface area contributed by atoms with Gasteiger partial charge in [-0.1, -0.05) is 6.07 Å². The fourth-order valence-corrected chi connectivity index (χ4v) is 4.77. The van der Waals surface area contributed by atoms with Crippen LogP contribution in [0.5, 0.6) is 0 Å². The van der Waals surface area contributed by atoms with Gasteiger partial charge in [0, 0.05) is 13.1 Å². The van der Waals surface area contributed by atoms with Gasteiger partial charge in [-0.05, 0) is 49.9 Å². The summed E-state index contributed by atoms with van der Waals surface area (Å²) in [5.74, 6) is -0.349. The van der Waals surface area contributed by atoms with E-state index in [1.165, 1.54) is 12.1 Å². The van der Waals surface area contributed by atoms with Gasteiger partial charge in [0.1, 0.15) is 10.7 Å². The molecule has 0 spiro atoms. The molecule has 118 valence electrons. The second kappa shape index (κ2) is 5.17. The second-order valence-corrected chi connectivity index (χ2v) is 7.33. The summed E-state index contributed by atoms with van der Waals surface area (Å²) in [5.41, 5.74) is 2.77. The van der Waals surface area contributed by atoms with Crippen LogP contribution in [-0.2, 0) is 23.5 Å². The van der Waals surface area contributed by atoms with Crippen LogP contribution in [0.15, 0.2) is 23.1 Å². The van der Waals surface area contributed by atoms with Crippen molar-refractivity contribution in [1.29, 1.82) is 0 Å². The number of aromatic nitrogens is 2. The molecule has 0 saturated carbocycles. The lowest BCUT2D eigenvalue weighted by molar-refractivity contribution is 0.551. The summed E-state index contributed by atoms with van der Waals surface area (Å²) < 4.78 is 43.0. The van der Waals surface area contributed by atoms with Crippen molar-refractivity contribution in [3.63, 3.8) is 0 Å². The molecule has 2 aromatic rings. The average molecular weight is 323 g/mol. The Kier molecular flexibility index (Phi) is 3.57. The summed E-state index contributed by atoms with van der Waals surface area (Å²) in [6.07, 6.45) is 1.38. The molecule has 0 saturated heterocycles. The van der Waals surface area contributed by atoms with Gasteiger partial charge in [-0.15, -0.1) is 0 Å². The smallest absolute Gasteiger partial charge is 0.244 e. The number of nitrogens with zero attached hydrogens (tertiary/aromatic N) is 2. The summed E-state index contributed by atoms with van der Waals surface area (Å²) in [4.78, 5) is 0.208. The third-order valence-corrected chi connectivity index (χ3v) is 5.92. The van der Waals surface area contributed by atoms with Crippen LogP contribution in [0.4, 0.5) is 4.39 Å². The van der Waals surface area contributed by atoms with Gasteiger partial charge in [0.2, 0.25) is 10.0 Å². The van der Waals surface area contributed by atoms with E-state index in [0.29, 0.717) is 17.8 Å². The largest absolute Gasteiger partial charge is 0.271 e. The maximum atomic E-state index is 13.4. The molecule has 1 aromatic heterocycles. The maximum Gasteiger partial charge on any atom is 0.244 e. The number of benzene rings is 1. The average Bonchev–Trinajstić information content (AvgIpc) is 2.91. The van der Waals surface area contributed by atoms with E-state index >= 15 is 0 Å². The second-order valence-electron chi connectivity index (χ2n) is 5.68. The van der Waals surface area contributed by atoms with Gasteiger partial charge in [0.25, 0.3) is 0 Å². The van der Waals surface area contributed by atoms with Gasteiger partial charge >= 0.3 is 0 Å². The van der Waals surface area contributed by atoms with E-state index in [1.807, 2.05) is 0 Å². The van der Waals surface area contributed by atoms with Crippen LogP contribution in [0.2, 0.25) is 0 Å². The highest BCUT2D eigenvalue weighted by Crippen LogP contribution is 2.33. The standard InChI is InChI=1S/C15H18FN3O2S/c1-9-15(10(2)19(3)17-9)22(20,21)18-14-7-5-11-4-6-12(16)8-13(11)14/h4,6,8,14,18H,5,7H2,1-3H3/t14-/m0/s1. The van der Waals surface area contributed by atoms with E-state index in [4.69, 9.17) is 0 Å². The predicted molar refractivity (Wildman–Crippen MR) is 80.5 cm³/mol. The Morgan fingerprint density at radius 3 is 2.73 bits per heavy atom. The fraction of sp³-hybridized carbons (Fsp3) is 0.400. The molecule has 0 bridgehead atoms. The lowest BCUT2D eigenvalue weighted by atomic mass is 10.1. The van der Waals surface area contributed by atoms with Crippen molar-refractivity contribution in [2.45, 2.75) is 37.6 Å². The molecule has 5 nitrogen and oxygen atoms in total. The van der Waals surface area contributed by atoms with Crippen molar-refractivity contribution < 1.29 is 12.8 Å².